The van der Waals surface area contributed by atoms with E-state index in [1.54, 1.807) is 0 Å². The number of rotatable bonds is 11. The van der Waals surface area contributed by atoms with Crippen LogP contribution in [-0.2, 0) is 13.0 Å². The van der Waals surface area contributed by atoms with E-state index in [1.165, 1.54) is 56.9 Å². The predicted octanol–water partition coefficient (Wildman–Crippen LogP) is 0.654. The maximum atomic E-state index is 8.86. The number of aryl methyl sites for hydroxylation is 1. The highest BCUT2D eigenvalue weighted by Crippen LogP contribution is 2.08. The van der Waals surface area contributed by atoms with Gasteiger partial charge in [-0.15, -0.1) is 0 Å². The molecule has 0 aliphatic rings. The van der Waals surface area contributed by atoms with Crippen LogP contribution in [0.25, 0.3) is 0 Å². The van der Waals surface area contributed by atoms with Crippen molar-refractivity contribution in [3.8, 4) is 0 Å². The van der Waals surface area contributed by atoms with Crippen molar-refractivity contribution in [2.45, 2.75) is 71.3 Å². The van der Waals surface area contributed by atoms with Gasteiger partial charge in [0.1, 0.15) is 6.54 Å². The van der Waals surface area contributed by atoms with Crippen molar-refractivity contribution in [1.82, 2.24) is 0 Å². The number of aromatic nitrogens is 1. The van der Waals surface area contributed by atoms with Gasteiger partial charge in [0.05, 0.1) is 0 Å². The van der Waals surface area contributed by atoms with E-state index < -0.39 is 0 Å². The minimum absolute atomic E-state index is 0. The number of halogens is 1. The Bertz CT molecular complexity index is 313. The van der Waals surface area contributed by atoms with Crippen LogP contribution in [0, 0.1) is 0 Å². The smallest absolute Gasteiger partial charge is 0.169 e. The minimum Gasteiger partial charge on any atom is -1.00 e. The first-order valence-electron chi connectivity index (χ1n) is 7.95. The fourth-order valence-electron chi connectivity index (χ4n) is 2.36. The Morgan fingerprint density at radius 2 is 1.45 bits per heavy atom. The molecule has 0 bridgehead atoms. The fraction of sp³-hybridized carbons (Fsp3) is 0.706. The normalized spacial score (nSPS) is 10.3. The molecule has 0 spiro atoms. The number of unbranched alkanes of at least 4 members (excludes halogenated alkanes) is 7. The zero-order chi connectivity index (χ0) is 13.8. The van der Waals surface area contributed by atoms with Crippen molar-refractivity contribution in [3.63, 3.8) is 0 Å². The Labute approximate surface area is 135 Å². The summed E-state index contributed by atoms with van der Waals surface area (Å²) in [7, 11) is 0. The lowest BCUT2D eigenvalue weighted by atomic mass is 10.1. The molecule has 1 aromatic rings. The lowest BCUT2D eigenvalue weighted by molar-refractivity contribution is -0.697. The molecule has 0 aromatic carbocycles. The molecular weight excluding hydrogens is 314 g/mol. The first-order chi connectivity index (χ1) is 9.36. The maximum absolute atomic E-state index is 8.86. The Balaban J connectivity index is 0.00000361. The molecule has 116 valence electrons. The fourth-order valence-corrected chi connectivity index (χ4v) is 2.36. The van der Waals surface area contributed by atoms with Crippen molar-refractivity contribution in [3.05, 3.63) is 30.1 Å². The zero-order valence-corrected chi connectivity index (χ0v) is 14.4. The third kappa shape index (κ3) is 9.49. The summed E-state index contributed by atoms with van der Waals surface area (Å²) in [5.41, 5.74) is 1.22. The van der Waals surface area contributed by atoms with Gasteiger partial charge in [-0.25, -0.2) is 4.57 Å². The molecule has 1 heterocycles. The second-order valence-electron chi connectivity index (χ2n) is 5.39. The van der Waals surface area contributed by atoms with E-state index in [2.05, 4.69) is 36.0 Å². The third-order valence-electron chi connectivity index (χ3n) is 3.63. The summed E-state index contributed by atoms with van der Waals surface area (Å²) in [5.74, 6) is 0. The standard InChI is InChI=1S/C17H30NO.BrH/c1-2-3-4-5-6-7-8-9-13-18-14-10-17(11-15-18)12-16-19;/h10-11,14-15,19H,2-9,12-13,16H2,1H3;1H/q+1;/p-1. The van der Waals surface area contributed by atoms with E-state index in [1.807, 2.05) is 0 Å². The van der Waals surface area contributed by atoms with Crippen LogP contribution >= 0.6 is 0 Å². The van der Waals surface area contributed by atoms with Gasteiger partial charge in [-0.3, -0.25) is 0 Å². The monoisotopic (exact) mass is 343 g/mol. The van der Waals surface area contributed by atoms with Crippen LogP contribution < -0.4 is 21.5 Å². The molecule has 0 amide bonds. The Morgan fingerprint density at radius 1 is 0.900 bits per heavy atom. The molecule has 1 aromatic heterocycles. The third-order valence-corrected chi connectivity index (χ3v) is 3.63. The van der Waals surface area contributed by atoms with E-state index in [4.69, 9.17) is 5.11 Å². The van der Waals surface area contributed by atoms with Gasteiger partial charge in [-0.05, 0) is 18.4 Å². The largest absolute Gasteiger partial charge is 1.00 e. The van der Waals surface area contributed by atoms with Crippen molar-refractivity contribution < 1.29 is 26.7 Å². The van der Waals surface area contributed by atoms with Crippen molar-refractivity contribution >= 4 is 0 Å². The van der Waals surface area contributed by atoms with Crippen LogP contribution in [-0.4, -0.2) is 11.7 Å². The highest BCUT2D eigenvalue weighted by molar-refractivity contribution is 5.07. The second kappa shape index (κ2) is 13.6. The lowest BCUT2D eigenvalue weighted by Crippen LogP contribution is -3.00. The molecule has 20 heavy (non-hydrogen) atoms. The van der Waals surface area contributed by atoms with Crippen LogP contribution in [0.2, 0.25) is 0 Å². The number of nitrogens with zero attached hydrogens (tertiary/aromatic N) is 1. The number of hydrogen-bond donors (Lipinski definition) is 1. The Morgan fingerprint density at radius 3 is 2.00 bits per heavy atom. The van der Waals surface area contributed by atoms with Gasteiger partial charge in [0.15, 0.2) is 12.4 Å². The van der Waals surface area contributed by atoms with Crippen LogP contribution in [0.15, 0.2) is 24.5 Å². The molecule has 0 radical (unpaired) electrons. The average molecular weight is 344 g/mol. The van der Waals surface area contributed by atoms with Crippen LogP contribution in [0.1, 0.15) is 63.9 Å². The van der Waals surface area contributed by atoms with Crippen LogP contribution in [0.3, 0.4) is 0 Å². The van der Waals surface area contributed by atoms with E-state index in [0.717, 1.165) is 13.0 Å². The molecule has 3 heteroatoms. The van der Waals surface area contributed by atoms with E-state index >= 15 is 0 Å². The summed E-state index contributed by atoms with van der Waals surface area (Å²) < 4.78 is 2.25. The highest BCUT2D eigenvalue weighted by Gasteiger charge is 2.00. The molecule has 1 N–H and O–H groups in total. The van der Waals surface area contributed by atoms with Gasteiger partial charge in [0.2, 0.25) is 0 Å². The van der Waals surface area contributed by atoms with Gasteiger partial charge in [0.25, 0.3) is 0 Å². The Hall–Kier alpha value is -0.410. The second-order valence-corrected chi connectivity index (χ2v) is 5.39. The zero-order valence-electron chi connectivity index (χ0n) is 12.9. The van der Waals surface area contributed by atoms with Crippen molar-refractivity contribution in [1.29, 1.82) is 0 Å². The van der Waals surface area contributed by atoms with E-state index in [-0.39, 0.29) is 23.6 Å². The first kappa shape index (κ1) is 19.6. The molecule has 0 saturated carbocycles. The van der Waals surface area contributed by atoms with E-state index in [9.17, 15) is 0 Å². The van der Waals surface area contributed by atoms with Crippen LogP contribution in [0.4, 0.5) is 0 Å². The lowest BCUT2D eigenvalue weighted by Gasteiger charge is -2.01. The number of hydrogen-bond acceptors (Lipinski definition) is 1. The SMILES string of the molecule is CCCCCCCCCC[n+]1ccc(CCO)cc1.[Br-]. The molecule has 0 saturated heterocycles. The number of pyridine rings is 1. The molecular formula is C17H30BrNO. The Kier molecular flexibility index (Phi) is 13.3. The quantitative estimate of drug-likeness (QED) is 0.463. The van der Waals surface area contributed by atoms with Crippen LogP contribution in [0.5, 0.6) is 0 Å². The summed E-state index contributed by atoms with van der Waals surface area (Å²) in [6.45, 7) is 3.62. The van der Waals surface area contributed by atoms with Gasteiger partial charge < -0.3 is 22.1 Å². The molecule has 0 aliphatic heterocycles. The average Bonchev–Trinajstić information content (AvgIpc) is 2.44. The van der Waals surface area contributed by atoms with Gasteiger partial charge in [0, 0.05) is 25.2 Å². The first-order valence-corrected chi connectivity index (χ1v) is 7.95. The molecule has 0 unspecified atom stereocenters. The minimum atomic E-state index is 0. The van der Waals surface area contributed by atoms with Crippen molar-refractivity contribution in [2.24, 2.45) is 0 Å². The summed E-state index contributed by atoms with van der Waals surface area (Å²) in [6, 6.07) is 4.22. The topological polar surface area (TPSA) is 24.1 Å². The highest BCUT2D eigenvalue weighted by atomic mass is 79.9. The van der Waals surface area contributed by atoms with E-state index in [0.29, 0.717) is 0 Å². The van der Waals surface area contributed by atoms with Gasteiger partial charge >= 0.3 is 0 Å². The predicted molar refractivity (Wildman–Crippen MR) is 80.0 cm³/mol. The summed E-state index contributed by atoms with van der Waals surface area (Å²) >= 11 is 0. The van der Waals surface area contributed by atoms with Gasteiger partial charge in [-0.2, -0.15) is 0 Å². The summed E-state index contributed by atoms with van der Waals surface area (Å²) in [4.78, 5) is 0. The number of aliphatic hydroxyl groups excluding tert-OH is 1. The molecule has 0 fully saturated rings. The summed E-state index contributed by atoms with van der Waals surface area (Å²) in [6.07, 6.45) is 16.0. The summed E-state index contributed by atoms with van der Waals surface area (Å²) in [5, 5.41) is 8.86. The number of aliphatic hydroxyl groups is 1. The van der Waals surface area contributed by atoms with Crippen molar-refractivity contribution in [2.75, 3.05) is 6.61 Å². The maximum Gasteiger partial charge on any atom is 0.169 e. The molecule has 0 aliphatic carbocycles. The van der Waals surface area contributed by atoms with Gasteiger partial charge in [-0.1, -0.05) is 45.4 Å². The molecule has 1 rings (SSSR count). The molecule has 2 nitrogen and oxygen atoms in total. The molecule has 0 atom stereocenters.